The van der Waals surface area contributed by atoms with Gasteiger partial charge in [-0.2, -0.15) is 0 Å². The smallest absolute Gasteiger partial charge is 0.223 e. The van der Waals surface area contributed by atoms with Crippen molar-refractivity contribution in [1.29, 1.82) is 0 Å². The third-order valence-corrected chi connectivity index (χ3v) is 5.42. The Bertz CT molecular complexity index is 452. The normalized spacial score (nSPS) is 53.5. The molecule has 0 spiro atoms. The first kappa shape index (κ1) is 12.9. The molecule has 3 aliphatic heterocycles. The van der Waals surface area contributed by atoms with Crippen LogP contribution in [-0.4, -0.2) is 37.1 Å². The van der Waals surface area contributed by atoms with Crippen molar-refractivity contribution in [3.63, 3.8) is 0 Å². The highest BCUT2D eigenvalue weighted by Gasteiger charge is 2.45. The molecule has 1 amide bonds. The van der Waals surface area contributed by atoms with Crippen LogP contribution < -0.4 is 21.5 Å². The summed E-state index contributed by atoms with van der Waals surface area (Å²) in [7, 11) is 0. The summed E-state index contributed by atoms with van der Waals surface area (Å²) in [6.45, 7) is 5.78. The van der Waals surface area contributed by atoms with Crippen molar-refractivity contribution >= 4 is 5.91 Å². The molecule has 0 radical (unpaired) electrons. The summed E-state index contributed by atoms with van der Waals surface area (Å²) < 4.78 is 16.5. The van der Waals surface area contributed by atoms with Crippen molar-refractivity contribution in [3.05, 3.63) is 0 Å². The minimum absolute atomic E-state index is 0.0458. The van der Waals surface area contributed by atoms with Gasteiger partial charge in [0.15, 0.2) is 0 Å². The standard InChI is InChI=1S/C16H30N4O/c1-11-5-3-4-6-12-9-16(2,7-8-17-12)14-13(10-18-20-14)19-15(11)21/h11-14,17-18,20H,3-10H2,1-2H3,(H,19,21)/i3D,5D. The number of hydrogen-bond donors (Lipinski definition) is 4. The quantitative estimate of drug-likeness (QED) is 0.537. The molecule has 3 saturated heterocycles. The maximum atomic E-state index is 12.5. The first-order chi connectivity index (χ1) is 10.9. The number of nitrogens with one attached hydrogen (secondary N) is 4. The molecule has 0 saturated carbocycles. The second-order valence-electron chi connectivity index (χ2n) is 7.17. The molecule has 7 atom stereocenters. The lowest BCUT2D eigenvalue weighted by atomic mass is 9.69. The van der Waals surface area contributed by atoms with Crippen LogP contribution in [0.2, 0.25) is 0 Å². The van der Waals surface area contributed by atoms with Crippen molar-refractivity contribution in [1.82, 2.24) is 21.5 Å². The Morgan fingerprint density at radius 2 is 2.29 bits per heavy atom. The molecular weight excluding hydrogens is 264 g/mol. The Labute approximate surface area is 130 Å². The minimum Gasteiger partial charge on any atom is -0.350 e. The molecule has 120 valence electrons. The maximum Gasteiger partial charge on any atom is 0.223 e. The highest BCUT2D eigenvalue weighted by Crippen LogP contribution is 2.38. The summed E-state index contributed by atoms with van der Waals surface area (Å²) in [4.78, 5) is 12.5. The van der Waals surface area contributed by atoms with E-state index in [4.69, 9.17) is 2.74 Å². The molecule has 21 heavy (non-hydrogen) atoms. The lowest BCUT2D eigenvalue weighted by Gasteiger charge is -2.45. The van der Waals surface area contributed by atoms with Crippen LogP contribution in [-0.2, 0) is 4.79 Å². The minimum atomic E-state index is -0.662. The van der Waals surface area contributed by atoms with Crippen LogP contribution >= 0.6 is 0 Å². The second-order valence-corrected chi connectivity index (χ2v) is 7.17. The molecule has 4 N–H and O–H groups in total. The van der Waals surface area contributed by atoms with E-state index in [1.165, 1.54) is 0 Å². The van der Waals surface area contributed by atoms with E-state index in [0.717, 1.165) is 25.8 Å². The fourth-order valence-corrected chi connectivity index (χ4v) is 4.08. The SMILES string of the molecule is [2H]C1CCC2CC(C)(CCN2)C2NNCC2NC(=O)C(C)C1[2H]. The van der Waals surface area contributed by atoms with Gasteiger partial charge in [0.05, 0.1) is 6.04 Å². The largest absolute Gasteiger partial charge is 0.350 e. The molecule has 3 fully saturated rings. The van der Waals surface area contributed by atoms with Crippen LogP contribution in [0.4, 0.5) is 0 Å². The predicted molar refractivity (Wildman–Crippen MR) is 83.6 cm³/mol. The molecular formula is C16H30N4O. The van der Waals surface area contributed by atoms with Crippen molar-refractivity contribution in [2.45, 2.75) is 70.5 Å². The molecule has 3 rings (SSSR count). The van der Waals surface area contributed by atoms with E-state index in [1.54, 1.807) is 6.92 Å². The van der Waals surface area contributed by atoms with E-state index in [1.807, 2.05) is 0 Å². The second kappa shape index (κ2) is 6.23. The summed E-state index contributed by atoms with van der Waals surface area (Å²) in [5.74, 6) is -0.531. The summed E-state index contributed by atoms with van der Waals surface area (Å²) in [5, 5.41) is 6.72. The van der Waals surface area contributed by atoms with Gasteiger partial charge in [0.25, 0.3) is 0 Å². The van der Waals surface area contributed by atoms with E-state index in [2.05, 4.69) is 28.4 Å². The van der Waals surface area contributed by atoms with Gasteiger partial charge < -0.3 is 10.6 Å². The first-order valence-electron chi connectivity index (χ1n) is 9.43. The number of rotatable bonds is 0. The number of hydrazine groups is 1. The number of piperidine rings is 1. The van der Waals surface area contributed by atoms with Gasteiger partial charge in [-0.15, -0.1) is 0 Å². The molecule has 0 aromatic heterocycles. The van der Waals surface area contributed by atoms with Gasteiger partial charge in [0, 0.05) is 27.3 Å². The number of carbonyl (C=O) groups excluding carboxylic acids is 1. The van der Waals surface area contributed by atoms with Crippen LogP contribution in [0, 0.1) is 11.3 Å². The van der Waals surface area contributed by atoms with E-state index in [0.29, 0.717) is 19.0 Å². The number of carbonyl (C=O) groups is 1. The Morgan fingerprint density at radius 1 is 1.43 bits per heavy atom. The third-order valence-electron chi connectivity index (χ3n) is 5.42. The van der Waals surface area contributed by atoms with Gasteiger partial charge in [0.1, 0.15) is 0 Å². The molecule has 0 aromatic carbocycles. The first-order valence-corrected chi connectivity index (χ1v) is 8.27. The van der Waals surface area contributed by atoms with Crippen LogP contribution in [0.1, 0.15) is 55.1 Å². The predicted octanol–water partition coefficient (Wildman–Crippen LogP) is 0.916. The zero-order valence-corrected chi connectivity index (χ0v) is 13.1. The lowest BCUT2D eigenvalue weighted by Crippen LogP contribution is -2.58. The van der Waals surface area contributed by atoms with Crippen LogP contribution in [0.5, 0.6) is 0 Å². The molecule has 2 bridgehead atoms. The van der Waals surface area contributed by atoms with Gasteiger partial charge in [-0.05, 0) is 37.6 Å². The van der Waals surface area contributed by atoms with Gasteiger partial charge in [-0.25, -0.2) is 0 Å². The van der Waals surface area contributed by atoms with Crippen LogP contribution in [0.15, 0.2) is 0 Å². The molecule has 3 aliphatic rings. The van der Waals surface area contributed by atoms with Gasteiger partial charge in [-0.1, -0.05) is 26.7 Å². The van der Waals surface area contributed by atoms with Crippen molar-refractivity contribution in [2.24, 2.45) is 11.3 Å². The Hall–Kier alpha value is -0.650. The zero-order valence-electron chi connectivity index (χ0n) is 15.1. The van der Waals surface area contributed by atoms with Gasteiger partial charge >= 0.3 is 0 Å². The van der Waals surface area contributed by atoms with E-state index in [9.17, 15) is 4.79 Å². The Morgan fingerprint density at radius 3 is 3.14 bits per heavy atom. The summed E-state index contributed by atoms with van der Waals surface area (Å²) in [5.41, 5.74) is 6.71. The topological polar surface area (TPSA) is 65.2 Å². The average molecular weight is 296 g/mol. The molecule has 5 heteroatoms. The molecule has 7 unspecified atom stereocenters. The van der Waals surface area contributed by atoms with Crippen molar-refractivity contribution in [2.75, 3.05) is 13.1 Å². The third kappa shape index (κ3) is 3.25. The van der Waals surface area contributed by atoms with Crippen LogP contribution in [0.25, 0.3) is 0 Å². The fourth-order valence-electron chi connectivity index (χ4n) is 4.08. The molecule has 3 heterocycles. The maximum absolute atomic E-state index is 12.5. The molecule has 0 aliphatic carbocycles. The molecule has 0 aromatic rings. The van der Waals surface area contributed by atoms with Gasteiger partial charge in [-0.3, -0.25) is 15.6 Å². The van der Waals surface area contributed by atoms with E-state index < -0.39 is 18.7 Å². The van der Waals surface area contributed by atoms with Gasteiger partial charge in [0.2, 0.25) is 5.91 Å². The molecule has 5 nitrogen and oxygen atoms in total. The van der Waals surface area contributed by atoms with Crippen LogP contribution in [0.3, 0.4) is 0 Å². The van der Waals surface area contributed by atoms with E-state index >= 15 is 0 Å². The highest BCUT2D eigenvalue weighted by atomic mass is 16.2. The Kier molecular flexibility index (Phi) is 3.81. The fraction of sp³-hybridized carbons (Fsp3) is 0.938. The monoisotopic (exact) mass is 296 g/mol. The highest BCUT2D eigenvalue weighted by molar-refractivity contribution is 5.78. The number of fused-ring (bicyclic) bond motifs is 4. The van der Waals surface area contributed by atoms with E-state index in [-0.39, 0.29) is 23.4 Å². The number of hydrogen-bond acceptors (Lipinski definition) is 4. The Balaban J connectivity index is 1.84. The van der Waals surface area contributed by atoms with Crippen molar-refractivity contribution < 1.29 is 7.54 Å². The average Bonchev–Trinajstić information content (AvgIpc) is 2.99. The number of amides is 1. The zero-order chi connectivity index (χ0) is 16.6. The summed E-state index contributed by atoms with van der Waals surface area (Å²) in [6.07, 6.45) is 2.56. The summed E-state index contributed by atoms with van der Waals surface area (Å²) in [6, 6.07) is 0.658. The lowest BCUT2D eigenvalue weighted by molar-refractivity contribution is -0.125. The summed E-state index contributed by atoms with van der Waals surface area (Å²) >= 11 is 0. The van der Waals surface area contributed by atoms with Crippen molar-refractivity contribution in [3.8, 4) is 0 Å².